The van der Waals surface area contributed by atoms with Crippen molar-refractivity contribution in [1.29, 1.82) is 5.26 Å². The molecule has 0 aliphatic heterocycles. The molecule has 1 fully saturated rings. The number of nitrogens with one attached hydrogen (secondary N) is 1. The number of hydrogen-bond donors (Lipinski definition) is 1. The van der Waals surface area contributed by atoms with Gasteiger partial charge in [-0.1, -0.05) is 19.9 Å². The topological polar surface area (TPSA) is 69.8 Å². The molecule has 31 heavy (non-hydrogen) atoms. The van der Waals surface area contributed by atoms with Gasteiger partial charge in [-0.25, -0.2) is 9.50 Å². The molecule has 3 heterocycles. The van der Waals surface area contributed by atoms with E-state index in [0.29, 0.717) is 24.2 Å². The highest BCUT2D eigenvalue weighted by Crippen LogP contribution is 2.45. The van der Waals surface area contributed by atoms with E-state index in [0.717, 1.165) is 12.1 Å². The molecule has 5 nitrogen and oxygen atoms in total. The second-order valence-electron chi connectivity index (χ2n) is 9.43. The average molecular weight is 412 g/mol. The first-order valence-corrected chi connectivity index (χ1v) is 11.3. The number of fused-ring (bicyclic) bond motifs is 2. The van der Waals surface area contributed by atoms with Crippen molar-refractivity contribution in [3.8, 4) is 17.3 Å². The molecule has 0 radical (unpaired) electrons. The second kappa shape index (κ2) is 7.53. The normalized spacial score (nSPS) is 18.6. The highest BCUT2D eigenvalue weighted by atomic mass is 15.3. The van der Waals surface area contributed by atoms with Crippen molar-refractivity contribution in [2.75, 3.05) is 0 Å². The van der Waals surface area contributed by atoms with Crippen LogP contribution in [-0.4, -0.2) is 19.6 Å². The summed E-state index contributed by atoms with van der Waals surface area (Å²) < 4.78 is 1.88. The second-order valence-corrected chi connectivity index (χ2v) is 9.43. The van der Waals surface area contributed by atoms with E-state index in [9.17, 15) is 0 Å². The first kappa shape index (κ1) is 19.8. The third kappa shape index (κ3) is 3.22. The number of H-pyrrole nitrogens is 1. The Bertz CT molecular complexity index is 1310. The Labute approximate surface area is 183 Å². The van der Waals surface area contributed by atoms with Crippen molar-refractivity contribution >= 4 is 16.6 Å². The smallest absolute Gasteiger partial charge is 0.158 e. The van der Waals surface area contributed by atoms with Crippen molar-refractivity contribution in [3.63, 3.8) is 0 Å². The van der Waals surface area contributed by atoms with Crippen molar-refractivity contribution in [3.05, 3.63) is 53.0 Å². The summed E-state index contributed by atoms with van der Waals surface area (Å²) in [5, 5.41) is 14.6. The lowest BCUT2D eigenvalue weighted by Crippen LogP contribution is -2.21. The highest BCUT2D eigenvalue weighted by Gasteiger charge is 2.30. The molecule has 0 spiro atoms. The van der Waals surface area contributed by atoms with Gasteiger partial charge in [0.2, 0.25) is 0 Å². The number of aromatic nitrogens is 4. The Balaban J connectivity index is 1.58. The maximum atomic E-state index is 8.84. The molecule has 158 valence electrons. The van der Waals surface area contributed by atoms with Gasteiger partial charge in [-0.15, -0.1) is 0 Å². The van der Waals surface area contributed by atoms with Crippen LogP contribution in [0.15, 0.2) is 30.7 Å². The molecule has 1 N–H and O–H groups in total. The fourth-order valence-electron chi connectivity index (χ4n) is 5.26. The first-order valence-electron chi connectivity index (χ1n) is 11.3. The van der Waals surface area contributed by atoms with Crippen LogP contribution in [0.25, 0.3) is 27.8 Å². The fraction of sp³-hybridized carbons (Fsp3) is 0.423. The van der Waals surface area contributed by atoms with Crippen LogP contribution < -0.4 is 0 Å². The molecule has 5 rings (SSSR count). The summed E-state index contributed by atoms with van der Waals surface area (Å²) in [6, 6.07) is 9.23. The van der Waals surface area contributed by atoms with Crippen molar-refractivity contribution in [1.82, 2.24) is 19.6 Å². The minimum absolute atomic E-state index is 0.398. The third-order valence-electron chi connectivity index (χ3n) is 7.21. The maximum Gasteiger partial charge on any atom is 0.158 e. The van der Waals surface area contributed by atoms with Crippen LogP contribution in [0.2, 0.25) is 0 Å². The van der Waals surface area contributed by atoms with E-state index in [-0.39, 0.29) is 0 Å². The van der Waals surface area contributed by atoms with Gasteiger partial charge in [0.05, 0.1) is 11.8 Å². The van der Waals surface area contributed by atoms with Gasteiger partial charge < -0.3 is 4.98 Å². The molecule has 0 atom stereocenters. The standard InChI is InChI=1S/C26H29N5/c1-15(2)24-21-12-19(20-10-18(11-20)6-5-9-27)7-8-23(21)30-25(24)22-13-31-26(28-14-29-31)17(4)16(22)3/h7-8,12-15,18,20,30H,5-6,10-11H2,1-4H3. The number of benzene rings is 1. The number of hydrogen-bond acceptors (Lipinski definition) is 3. The largest absolute Gasteiger partial charge is 0.354 e. The Morgan fingerprint density at radius 1 is 1.23 bits per heavy atom. The van der Waals surface area contributed by atoms with E-state index in [1.165, 1.54) is 57.3 Å². The van der Waals surface area contributed by atoms with Crippen LogP contribution in [-0.2, 0) is 0 Å². The monoisotopic (exact) mass is 411 g/mol. The Morgan fingerprint density at radius 3 is 2.77 bits per heavy atom. The summed E-state index contributed by atoms with van der Waals surface area (Å²) in [5.74, 6) is 1.74. The molecule has 0 unspecified atom stereocenters. The first-order chi connectivity index (χ1) is 15.0. The zero-order valence-corrected chi connectivity index (χ0v) is 18.7. The van der Waals surface area contributed by atoms with Crippen LogP contribution >= 0.6 is 0 Å². The third-order valence-corrected chi connectivity index (χ3v) is 7.21. The molecule has 5 heteroatoms. The van der Waals surface area contributed by atoms with Crippen LogP contribution in [0.4, 0.5) is 0 Å². The lowest BCUT2D eigenvalue weighted by atomic mass is 9.69. The quantitative estimate of drug-likeness (QED) is 0.412. The van der Waals surface area contributed by atoms with Crippen LogP contribution in [0.3, 0.4) is 0 Å². The van der Waals surface area contributed by atoms with Gasteiger partial charge in [0.1, 0.15) is 6.33 Å². The van der Waals surface area contributed by atoms with Gasteiger partial charge in [-0.05, 0) is 85.3 Å². The number of nitrogens with zero attached hydrogens (tertiary/aromatic N) is 4. The Hall–Kier alpha value is -3.13. The van der Waals surface area contributed by atoms with E-state index >= 15 is 0 Å². The molecule has 0 bridgehead atoms. The summed E-state index contributed by atoms with van der Waals surface area (Å²) in [6.45, 7) is 8.85. The lowest BCUT2D eigenvalue weighted by molar-refractivity contribution is 0.250. The summed E-state index contributed by atoms with van der Waals surface area (Å²) in [4.78, 5) is 8.14. The molecule has 1 aliphatic carbocycles. The molecular formula is C26H29N5. The molecule has 0 amide bonds. The van der Waals surface area contributed by atoms with Crippen LogP contribution in [0.5, 0.6) is 0 Å². The average Bonchev–Trinajstić information content (AvgIpc) is 3.33. The van der Waals surface area contributed by atoms with Gasteiger partial charge in [0.25, 0.3) is 0 Å². The SMILES string of the molecule is Cc1c(-c2[nH]c3ccc(C4CC(CCC#N)C4)cc3c2C(C)C)cn2ncnc2c1C. The van der Waals surface area contributed by atoms with E-state index in [2.05, 4.69) is 73.2 Å². The Kier molecular flexibility index (Phi) is 4.81. The minimum Gasteiger partial charge on any atom is -0.354 e. The zero-order chi connectivity index (χ0) is 21.7. The van der Waals surface area contributed by atoms with Gasteiger partial charge in [0.15, 0.2) is 5.65 Å². The minimum atomic E-state index is 0.398. The number of aryl methyl sites for hydroxylation is 1. The van der Waals surface area contributed by atoms with Crippen molar-refractivity contribution in [2.24, 2.45) is 5.92 Å². The van der Waals surface area contributed by atoms with Crippen molar-refractivity contribution in [2.45, 2.75) is 65.2 Å². The summed E-state index contributed by atoms with van der Waals surface area (Å²) in [7, 11) is 0. The molecular weight excluding hydrogens is 382 g/mol. The van der Waals surface area contributed by atoms with Gasteiger partial charge in [-0.2, -0.15) is 10.4 Å². The highest BCUT2D eigenvalue weighted by molar-refractivity contribution is 5.92. The maximum absolute atomic E-state index is 8.84. The molecule has 4 aromatic rings. The number of pyridine rings is 1. The number of nitriles is 1. The predicted molar refractivity (Wildman–Crippen MR) is 124 cm³/mol. The van der Waals surface area contributed by atoms with Gasteiger partial charge in [-0.3, -0.25) is 0 Å². The van der Waals surface area contributed by atoms with Gasteiger partial charge in [0, 0.05) is 29.1 Å². The predicted octanol–water partition coefficient (Wildman–Crippen LogP) is 6.42. The Morgan fingerprint density at radius 2 is 2.03 bits per heavy atom. The van der Waals surface area contributed by atoms with Crippen LogP contribution in [0, 0.1) is 31.1 Å². The summed E-state index contributed by atoms with van der Waals surface area (Å²) >= 11 is 0. The summed E-state index contributed by atoms with van der Waals surface area (Å²) in [6.07, 6.45) is 7.88. The van der Waals surface area contributed by atoms with Gasteiger partial charge >= 0.3 is 0 Å². The van der Waals surface area contributed by atoms with E-state index < -0.39 is 0 Å². The molecule has 0 saturated heterocycles. The number of rotatable bonds is 5. The van der Waals surface area contributed by atoms with E-state index in [4.69, 9.17) is 5.26 Å². The van der Waals surface area contributed by atoms with E-state index in [1.807, 2.05) is 4.52 Å². The summed E-state index contributed by atoms with van der Waals surface area (Å²) in [5.41, 5.74) is 9.72. The fourth-order valence-corrected chi connectivity index (χ4v) is 5.26. The molecule has 1 aromatic carbocycles. The molecule has 1 aliphatic rings. The van der Waals surface area contributed by atoms with Crippen LogP contribution in [0.1, 0.15) is 73.6 Å². The van der Waals surface area contributed by atoms with Crippen molar-refractivity contribution < 1.29 is 0 Å². The number of aromatic amines is 1. The van der Waals surface area contributed by atoms with E-state index in [1.54, 1.807) is 6.33 Å². The molecule has 1 saturated carbocycles. The lowest BCUT2D eigenvalue weighted by Gasteiger charge is -2.35. The molecule has 3 aromatic heterocycles. The zero-order valence-electron chi connectivity index (χ0n) is 18.7.